The molecule has 28 heavy (non-hydrogen) atoms. The molecule has 4 rings (SSSR count). The van der Waals surface area contributed by atoms with Gasteiger partial charge in [0.05, 0.1) is 6.04 Å². The van der Waals surface area contributed by atoms with Crippen molar-refractivity contribution in [2.75, 3.05) is 46.8 Å². The van der Waals surface area contributed by atoms with Crippen molar-refractivity contribution in [3.63, 3.8) is 0 Å². The van der Waals surface area contributed by atoms with Crippen LogP contribution in [0, 0.1) is 23.6 Å². The number of carbonyl (C=O) groups excluding carboxylic acids is 2. The predicted octanol–water partition coefficient (Wildman–Crippen LogP) is 1.94. The standard InChI is InChI=1S/C21H29FN4O2/c1-24(2)21(28)25-8-6-14(7-9-25)20(27)26-13-16-11-23-12-18(16)19(26)15-4-3-5-17(22)10-15/h3-5,10,14,16,18-19,23H,6-9,11-13H2,1-2H3/t16-,18-,19+/m0/s1. The summed E-state index contributed by atoms with van der Waals surface area (Å²) in [6.07, 6.45) is 1.39. The molecule has 1 aromatic rings. The van der Waals surface area contributed by atoms with Gasteiger partial charge in [0.1, 0.15) is 5.82 Å². The Balaban J connectivity index is 1.49. The molecule has 3 aliphatic heterocycles. The lowest BCUT2D eigenvalue weighted by Gasteiger charge is -2.36. The molecule has 0 saturated carbocycles. The van der Waals surface area contributed by atoms with Crippen molar-refractivity contribution < 1.29 is 14.0 Å². The second-order valence-corrected chi connectivity index (χ2v) is 8.51. The predicted molar refractivity (Wildman–Crippen MR) is 104 cm³/mol. The first-order valence-corrected chi connectivity index (χ1v) is 10.2. The fourth-order valence-corrected chi connectivity index (χ4v) is 5.10. The van der Waals surface area contributed by atoms with Gasteiger partial charge < -0.3 is 20.0 Å². The first-order valence-electron chi connectivity index (χ1n) is 10.2. The summed E-state index contributed by atoms with van der Waals surface area (Å²) in [5, 5.41) is 3.43. The van der Waals surface area contributed by atoms with Gasteiger partial charge in [0.2, 0.25) is 5.91 Å². The van der Waals surface area contributed by atoms with E-state index in [9.17, 15) is 14.0 Å². The molecule has 1 aromatic carbocycles. The number of nitrogens with one attached hydrogen (secondary N) is 1. The average molecular weight is 388 g/mol. The van der Waals surface area contributed by atoms with E-state index in [2.05, 4.69) is 5.32 Å². The Morgan fingerprint density at radius 3 is 2.61 bits per heavy atom. The third-order valence-corrected chi connectivity index (χ3v) is 6.54. The number of nitrogens with zero attached hydrogens (tertiary/aromatic N) is 3. The first-order chi connectivity index (χ1) is 13.5. The highest BCUT2D eigenvalue weighted by Gasteiger charge is 2.48. The molecule has 0 unspecified atom stereocenters. The number of rotatable bonds is 2. The van der Waals surface area contributed by atoms with Gasteiger partial charge in [-0.2, -0.15) is 0 Å². The van der Waals surface area contributed by atoms with Crippen LogP contribution in [0.4, 0.5) is 9.18 Å². The highest BCUT2D eigenvalue weighted by atomic mass is 19.1. The van der Waals surface area contributed by atoms with Gasteiger partial charge in [-0.15, -0.1) is 0 Å². The molecule has 3 heterocycles. The summed E-state index contributed by atoms with van der Waals surface area (Å²) in [4.78, 5) is 30.9. The van der Waals surface area contributed by atoms with Crippen LogP contribution in [-0.4, -0.2) is 73.5 Å². The molecule has 3 saturated heterocycles. The number of amides is 3. The van der Waals surface area contributed by atoms with E-state index in [1.54, 1.807) is 31.1 Å². The number of likely N-dealkylation sites (tertiary alicyclic amines) is 2. The third-order valence-electron chi connectivity index (χ3n) is 6.54. The Morgan fingerprint density at radius 1 is 1.18 bits per heavy atom. The van der Waals surface area contributed by atoms with Crippen molar-refractivity contribution in [1.29, 1.82) is 0 Å². The number of carbonyl (C=O) groups is 2. The molecule has 0 aromatic heterocycles. The Kier molecular flexibility index (Phi) is 5.27. The molecule has 3 atom stereocenters. The molecule has 3 aliphatic rings. The number of halogens is 1. The van der Waals surface area contributed by atoms with Crippen LogP contribution in [0.2, 0.25) is 0 Å². The van der Waals surface area contributed by atoms with Crippen LogP contribution in [0.5, 0.6) is 0 Å². The number of urea groups is 1. The van der Waals surface area contributed by atoms with Gasteiger partial charge in [0.15, 0.2) is 0 Å². The molecular weight excluding hydrogens is 359 g/mol. The number of benzene rings is 1. The minimum Gasteiger partial charge on any atom is -0.335 e. The number of hydrogen-bond donors (Lipinski definition) is 1. The summed E-state index contributed by atoms with van der Waals surface area (Å²) >= 11 is 0. The van der Waals surface area contributed by atoms with E-state index in [4.69, 9.17) is 0 Å². The van der Waals surface area contributed by atoms with Crippen LogP contribution in [0.25, 0.3) is 0 Å². The summed E-state index contributed by atoms with van der Waals surface area (Å²) in [6, 6.07) is 6.63. The summed E-state index contributed by atoms with van der Waals surface area (Å²) < 4.78 is 13.9. The summed E-state index contributed by atoms with van der Waals surface area (Å²) in [5.41, 5.74) is 0.893. The van der Waals surface area contributed by atoms with Crippen molar-refractivity contribution in [1.82, 2.24) is 20.0 Å². The van der Waals surface area contributed by atoms with E-state index in [1.807, 2.05) is 15.9 Å². The van der Waals surface area contributed by atoms with Gasteiger partial charge >= 0.3 is 6.03 Å². The maximum atomic E-state index is 13.9. The largest absolute Gasteiger partial charge is 0.335 e. The maximum absolute atomic E-state index is 13.9. The van der Waals surface area contributed by atoms with Crippen LogP contribution in [0.3, 0.4) is 0 Å². The van der Waals surface area contributed by atoms with Crippen molar-refractivity contribution in [3.8, 4) is 0 Å². The molecule has 0 bridgehead atoms. The van der Waals surface area contributed by atoms with Crippen LogP contribution in [-0.2, 0) is 4.79 Å². The zero-order valence-corrected chi connectivity index (χ0v) is 16.6. The van der Waals surface area contributed by atoms with E-state index in [0.717, 1.165) is 25.2 Å². The number of fused-ring (bicyclic) bond motifs is 1. The summed E-state index contributed by atoms with van der Waals surface area (Å²) in [7, 11) is 3.50. The highest BCUT2D eigenvalue weighted by Crippen LogP contribution is 2.44. The topological polar surface area (TPSA) is 55.9 Å². The Hall–Kier alpha value is -2.15. The van der Waals surface area contributed by atoms with Crippen LogP contribution in [0.15, 0.2) is 24.3 Å². The van der Waals surface area contributed by atoms with E-state index >= 15 is 0 Å². The van der Waals surface area contributed by atoms with Crippen molar-refractivity contribution in [3.05, 3.63) is 35.6 Å². The minimum absolute atomic E-state index is 0.00492. The van der Waals surface area contributed by atoms with E-state index in [-0.39, 0.29) is 29.7 Å². The quantitative estimate of drug-likeness (QED) is 0.843. The molecule has 0 spiro atoms. The van der Waals surface area contributed by atoms with Crippen LogP contribution < -0.4 is 5.32 Å². The fraction of sp³-hybridized carbons (Fsp3) is 0.619. The molecule has 7 heteroatoms. The van der Waals surface area contributed by atoms with Crippen molar-refractivity contribution in [2.24, 2.45) is 17.8 Å². The molecular formula is C21H29FN4O2. The number of piperidine rings is 1. The van der Waals surface area contributed by atoms with Gasteiger partial charge in [0, 0.05) is 58.7 Å². The van der Waals surface area contributed by atoms with Crippen molar-refractivity contribution in [2.45, 2.75) is 18.9 Å². The smallest absolute Gasteiger partial charge is 0.319 e. The van der Waals surface area contributed by atoms with E-state index in [0.29, 0.717) is 37.8 Å². The minimum atomic E-state index is -0.255. The van der Waals surface area contributed by atoms with Gasteiger partial charge in [-0.25, -0.2) is 9.18 Å². The van der Waals surface area contributed by atoms with E-state index in [1.165, 1.54) is 6.07 Å². The van der Waals surface area contributed by atoms with Gasteiger partial charge in [-0.1, -0.05) is 12.1 Å². The lowest BCUT2D eigenvalue weighted by molar-refractivity contribution is -0.138. The monoisotopic (exact) mass is 388 g/mol. The molecule has 0 aliphatic carbocycles. The molecule has 3 amide bonds. The maximum Gasteiger partial charge on any atom is 0.319 e. The Morgan fingerprint density at radius 2 is 1.93 bits per heavy atom. The molecule has 152 valence electrons. The Bertz CT molecular complexity index is 748. The Labute approximate surface area is 165 Å². The number of hydrogen-bond acceptors (Lipinski definition) is 3. The molecule has 0 radical (unpaired) electrons. The molecule has 6 nitrogen and oxygen atoms in total. The fourth-order valence-electron chi connectivity index (χ4n) is 5.10. The van der Waals surface area contributed by atoms with Gasteiger partial charge in [0.25, 0.3) is 0 Å². The SMILES string of the molecule is CN(C)C(=O)N1CCC(C(=O)N2C[C@@H]3CNC[C@@H]3[C@H]2c2cccc(F)c2)CC1. The van der Waals surface area contributed by atoms with E-state index < -0.39 is 0 Å². The summed E-state index contributed by atoms with van der Waals surface area (Å²) in [6.45, 7) is 3.73. The van der Waals surface area contributed by atoms with Crippen molar-refractivity contribution >= 4 is 11.9 Å². The third kappa shape index (κ3) is 3.48. The van der Waals surface area contributed by atoms with Crippen LogP contribution in [0.1, 0.15) is 24.4 Å². The second kappa shape index (κ2) is 7.70. The first kappa shape index (κ1) is 19.2. The lowest BCUT2D eigenvalue weighted by Crippen LogP contribution is -2.47. The zero-order valence-electron chi connectivity index (χ0n) is 16.6. The highest BCUT2D eigenvalue weighted by molar-refractivity contribution is 5.80. The summed E-state index contributed by atoms with van der Waals surface area (Å²) in [5.74, 6) is 0.610. The normalized spacial score (nSPS) is 27.8. The van der Waals surface area contributed by atoms with Crippen LogP contribution >= 0.6 is 0 Å². The molecule has 3 fully saturated rings. The second-order valence-electron chi connectivity index (χ2n) is 8.51. The van der Waals surface area contributed by atoms with Gasteiger partial charge in [-0.05, 0) is 36.5 Å². The van der Waals surface area contributed by atoms with Gasteiger partial charge in [-0.3, -0.25) is 4.79 Å². The zero-order chi connectivity index (χ0) is 19.8. The molecule has 1 N–H and O–H groups in total. The lowest BCUT2D eigenvalue weighted by atomic mass is 9.89. The average Bonchev–Trinajstić information content (AvgIpc) is 3.28.